The molecule has 1 heterocycles. The van der Waals surface area contributed by atoms with Crippen molar-refractivity contribution < 1.29 is 19.1 Å². The van der Waals surface area contributed by atoms with E-state index in [-0.39, 0.29) is 5.91 Å². The van der Waals surface area contributed by atoms with Gasteiger partial charge in [0, 0.05) is 18.7 Å². The summed E-state index contributed by atoms with van der Waals surface area (Å²) < 4.78 is 10.5. The Bertz CT molecular complexity index is 814. The van der Waals surface area contributed by atoms with Crippen LogP contribution < -0.4 is 10.1 Å². The Morgan fingerprint density at radius 3 is 2.48 bits per heavy atom. The molecule has 0 aliphatic carbocycles. The van der Waals surface area contributed by atoms with Crippen LogP contribution in [-0.2, 0) is 11.3 Å². The van der Waals surface area contributed by atoms with Gasteiger partial charge in [-0.15, -0.1) is 0 Å². The number of likely N-dealkylation sites (tertiary alicyclic amines) is 1. The molecule has 154 valence electrons. The van der Waals surface area contributed by atoms with Crippen LogP contribution in [0.3, 0.4) is 0 Å². The molecule has 2 aromatic rings. The van der Waals surface area contributed by atoms with Crippen molar-refractivity contribution in [3.63, 3.8) is 0 Å². The summed E-state index contributed by atoms with van der Waals surface area (Å²) >= 11 is 0. The molecule has 0 aromatic heterocycles. The maximum Gasteiger partial charge on any atom is 0.337 e. The van der Waals surface area contributed by atoms with Gasteiger partial charge in [0.15, 0.2) is 0 Å². The minimum atomic E-state index is -0.418. The van der Waals surface area contributed by atoms with Crippen LogP contribution in [0, 0.1) is 0 Å². The number of carbonyl (C=O) groups is 2. The lowest BCUT2D eigenvalue weighted by atomic mass is 10.1. The van der Waals surface area contributed by atoms with E-state index in [0.717, 1.165) is 12.3 Å². The first-order valence-electron chi connectivity index (χ1n) is 10.1. The van der Waals surface area contributed by atoms with Crippen molar-refractivity contribution in [2.24, 2.45) is 0 Å². The van der Waals surface area contributed by atoms with Crippen LogP contribution in [0.5, 0.6) is 5.75 Å². The average molecular weight is 396 g/mol. The van der Waals surface area contributed by atoms with Crippen molar-refractivity contribution in [1.82, 2.24) is 10.2 Å². The van der Waals surface area contributed by atoms with Gasteiger partial charge in [0.1, 0.15) is 5.75 Å². The second-order valence-corrected chi connectivity index (χ2v) is 7.16. The molecule has 1 fully saturated rings. The van der Waals surface area contributed by atoms with E-state index in [2.05, 4.69) is 27.1 Å². The lowest BCUT2D eigenvalue weighted by molar-refractivity contribution is 0.0600. The molecule has 0 bridgehead atoms. The average Bonchev–Trinajstić information content (AvgIpc) is 3.26. The van der Waals surface area contributed by atoms with Gasteiger partial charge in [-0.05, 0) is 74.3 Å². The standard InChI is InChI=1S/C23H28N2O4/c1-28-23(27)20-10-8-19(9-11-20)22(26)24-12-5-15-29-21-7-4-6-18(16-21)17-25-13-2-3-14-25/h4,6-11,16H,2-3,5,12-15,17H2,1H3,(H,24,26). The predicted octanol–water partition coefficient (Wildman–Crippen LogP) is 3.27. The summed E-state index contributed by atoms with van der Waals surface area (Å²) in [7, 11) is 1.33. The Hall–Kier alpha value is -2.86. The number of benzene rings is 2. The van der Waals surface area contributed by atoms with Gasteiger partial charge >= 0.3 is 5.97 Å². The second kappa shape index (κ2) is 10.6. The highest BCUT2D eigenvalue weighted by Crippen LogP contribution is 2.17. The highest BCUT2D eigenvalue weighted by molar-refractivity contribution is 5.96. The fraction of sp³-hybridized carbons (Fsp3) is 0.391. The third kappa shape index (κ3) is 6.32. The van der Waals surface area contributed by atoms with Gasteiger partial charge in [-0.1, -0.05) is 12.1 Å². The molecule has 0 unspecified atom stereocenters. The molecule has 2 aromatic carbocycles. The number of nitrogens with one attached hydrogen (secondary N) is 1. The molecule has 0 radical (unpaired) electrons. The molecular formula is C23H28N2O4. The van der Waals surface area contributed by atoms with Crippen LogP contribution in [-0.4, -0.2) is 50.1 Å². The van der Waals surface area contributed by atoms with Crippen LogP contribution in [0.4, 0.5) is 0 Å². The van der Waals surface area contributed by atoms with Crippen LogP contribution in [0.1, 0.15) is 45.5 Å². The summed E-state index contributed by atoms with van der Waals surface area (Å²) in [5.41, 5.74) is 2.20. The minimum absolute atomic E-state index is 0.172. The van der Waals surface area contributed by atoms with Gasteiger partial charge in [-0.2, -0.15) is 0 Å². The normalized spacial score (nSPS) is 13.8. The summed E-state index contributed by atoms with van der Waals surface area (Å²) in [5, 5.41) is 2.87. The molecule has 0 spiro atoms. The molecular weight excluding hydrogens is 368 g/mol. The van der Waals surface area contributed by atoms with Crippen molar-refractivity contribution in [2.75, 3.05) is 33.4 Å². The molecule has 29 heavy (non-hydrogen) atoms. The lowest BCUT2D eigenvalue weighted by Gasteiger charge is -2.15. The zero-order valence-corrected chi connectivity index (χ0v) is 16.9. The van der Waals surface area contributed by atoms with Gasteiger partial charge in [0.25, 0.3) is 5.91 Å². The van der Waals surface area contributed by atoms with Crippen molar-refractivity contribution in [1.29, 1.82) is 0 Å². The number of hydrogen-bond donors (Lipinski definition) is 1. The topological polar surface area (TPSA) is 67.9 Å². The fourth-order valence-electron chi connectivity index (χ4n) is 3.37. The van der Waals surface area contributed by atoms with Crippen molar-refractivity contribution in [3.8, 4) is 5.75 Å². The van der Waals surface area contributed by atoms with Crippen LogP contribution in [0.25, 0.3) is 0 Å². The Kier molecular flexibility index (Phi) is 7.64. The Morgan fingerprint density at radius 2 is 1.76 bits per heavy atom. The number of hydrogen-bond acceptors (Lipinski definition) is 5. The highest BCUT2D eigenvalue weighted by atomic mass is 16.5. The summed E-state index contributed by atoms with van der Waals surface area (Å²) in [4.78, 5) is 26.1. The maximum absolute atomic E-state index is 12.2. The van der Waals surface area contributed by atoms with Gasteiger partial charge in [0.2, 0.25) is 0 Å². The van der Waals surface area contributed by atoms with E-state index in [0.29, 0.717) is 30.7 Å². The van der Waals surface area contributed by atoms with E-state index in [4.69, 9.17) is 4.74 Å². The number of rotatable bonds is 9. The van der Waals surface area contributed by atoms with Crippen LogP contribution >= 0.6 is 0 Å². The van der Waals surface area contributed by atoms with Crippen molar-refractivity contribution in [2.45, 2.75) is 25.8 Å². The van der Waals surface area contributed by atoms with E-state index in [1.165, 1.54) is 38.6 Å². The predicted molar refractivity (Wildman–Crippen MR) is 111 cm³/mol. The van der Waals surface area contributed by atoms with E-state index in [1.807, 2.05) is 12.1 Å². The molecule has 6 heteroatoms. The molecule has 1 saturated heterocycles. The molecule has 1 aliphatic rings. The summed E-state index contributed by atoms with van der Waals surface area (Å²) in [6.45, 7) is 4.38. The van der Waals surface area contributed by atoms with Gasteiger partial charge in [0.05, 0.1) is 19.3 Å². The van der Waals surface area contributed by atoms with Crippen molar-refractivity contribution in [3.05, 3.63) is 65.2 Å². The largest absolute Gasteiger partial charge is 0.494 e. The number of methoxy groups -OCH3 is 1. The fourth-order valence-corrected chi connectivity index (χ4v) is 3.37. The minimum Gasteiger partial charge on any atom is -0.494 e. The molecule has 3 rings (SSSR count). The van der Waals surface area contributed by atoms with Crippen molar-refractivity contribution >= 4 is 11.9 Å². The zero-order valence-electron chi connectivity index (χ0n) is 16.9. The first kappa shape index (κ1) is 20.9. The Balaban J connectivity index is 1.37. The Morgan fingerprint density at radius 1 is 1.03 bits per heavy atom. The number of amides is 1. The van der Waals surface area contributed by atoms with Gasteiger partial charge < -0.3 is 14.8 Å². The van der Waals surface area contributed by atoms with Crippen LogP contribution in [0.15, 0.2) is 48.5 Å². The summed E-state index contributed by atoms with van der Waals surface area (Å²) in [5.74, 6) is 0.277. The van der Waals surface area contributed by atoms with E-state index in [9.17, 15) is 9.59 Å². The first-order valence-corrected chi connectivity index (χ1v) is 10.1. The summed E-state index contributed by atoms with van der Waals surface area (Å²) in [6.07, 6.45) is 3.29. The molecule has 0 saturated carbocycles. The zero-order chi connectivity index (χ0) is 20.5. The maximum atomic E-state index is 12.2. The number of ether oxygens (including phenoxy) is 2. The third-order valence-corrected chi connectivity index (χ3v) is 4.95. The third-order valence-electron chi connectivity index (χ3n) is 4.95. The molecule has 1 N–H and O–H groups in total. The van der Waals surface area contributed by atoms with E-state index < -0.39 is 5.97 Å². The first-order chi connectivity index (χ1) is 14.2. The highest BCUT2D eigenvalue weighted by Gasteiger charge is 2.12. The number of carbonyl (C=O) groups excluding carboxylic acids is 2. The molecule has 1 aliphatic heterocycles. The van der Waals surface area contributed by atoms with E-state index in [1.54, 1.807) is 24.3 Å². The van der Waals surface area contributed by atoms with Gasteiger partial charge in [-0.25, -0.2) is 4.79 Å². The monoisotopic (exact) mass is 396 g/mol. The molecule has 0 atom stereocenters. The Labute approximate surface area is 171 Å². The quantitative estimate of drug-likeness (QED) is 0.520. The lowest BCUT2D eigenvalue weighted by Crippen LogP contribution is -2.25. The molecule has 6 nitrogen and oxygen atoms in total. The molecule has 1 amide bonds. The van der Waals surface area contributed by atoms with Crippen LogP contribution in [0.2, 0.25) is 0 Å². The van der Waals surface area contributed by atoms with E-state index >= 15 is 0 Å². The number of nitrogens with zero attached hydrogens (tertiary/aromatic N) is 1. The second-order valence-electron chi connectivity index (χ2n) is 7.16. The SMILES string of the molecule is COC(=O)c1ccc(C(=O)NCCCOc2cccc(CN3CCCC3)c2)cc1. The smallest absolute Gasteiger partial charge is 0.337 e. The van der Waals surface area contributed by atoms with Gasteiger partial charge in [-0.3, -0.25) is 9.69 Å². The number of esters is 1. The summed E-state index contributed by atoms with van der Waals surface area (Å²) in [6, 6.07) is 14.6.